The minimum atomic E-state index is -0.714. The third kappa shape index (κ3) is 7.10. The topological polar surface area (TPSA) is 81.7 Å². The van der Waals surface area contributed by atoms with Gasteiger partial charge in [0.05, 0.1) is 0 Å². The van der Waals surface area contributed by atoms with Crippen LogP contribution in [0.3, 0.4) is 0 Å². The molecule has 1 aromatic rings. The summed E-state index contributed by atoms with van der Waals surface area (Å²) in [6.07, 6.45) is -0.714. The average Bonchev–Trinajstić information content (AvgIpc) is 2.41. The van der Waals surface area contributed by atoms with Crippen LogP contribution in [0.5, 0.6) is 0 Å². The van der Waals surface area contributed by atoms with Gasteiger partial charge < -0.3 is 14.8 Å². The summed E-state index contributed by atoms with van der Waals surface area (Å²) < 4.78 is 9.74. The fourth-order valence-corrected chi connectivity index (χ4v) is 1.36. The number of benzene rings is 1. The predicted molar refractivity (Wildman–Crippen MR) is 76.0 cm³/mol. The van der Waals surface area contributed by atoms with Crippen LogP contribution in [0.1, 0.15) is 31.1 Å². The van der Waals surface area contributed by atoms with E-state index in [0.717, 1.165) is 0 Å². The van der Waals surface area contributed by atoms with Gasteiger partial charge in [0.1, 0.15) is 12.1 Å². The molecule has 1 amide bonds. The number of rotatable bonds is 5. The Balaban J connectivity index is 2.29. The molecule has 0 fully saturated rings. The van der Waals surface area contributed by atoms with Crippen molar-refractivity contribution < 1.29 is 23.9 Å². The molecule has 0 aliphatic heterocycles. The van der Waals surface area contributed by atoms with Crippen LogP contribution in [-0.4, -0.2) is 36.6 Å². The van der Waals surface area contributed by atoms with Gasteiger partial charge in [-0.3, -0.25) is 9.59 Å². The molecule has 6 nitrogen and oxygen atoms in total. The van der Waals surface area contributed by atoms with Crippen LogP contribution in [0.15, 0.2) is 30.3 Å². The van der Waals surface area contributed by atoms with E-state index in [-0.39, 0.29) is 18.9 Å². The lowest BCUT2D eigenvalue weighted by Crippen LogP contribution is -2.36. The number of alkyl carbamates (subject to hydrolysis) is 1. The molecule has 0 unspecified atom stereocenters. The molecule has 114 valence electrons. The number of amides is 1. The van der Waals surface area contributed by atoms with Crippen LogP contribution in [0.4, 0.5) is 4.79 Å². The third-order valence-electron chi connectivity index (χ3n) is 2.24. The van der Waals surface area contributed by atoms with Crippen LogP contribution in [0, 0.1) is 0 Å². The maximum absolute atomic E-state index is 11.7. The van der Waals surface area contributed by atoms with E-state index in [0.29, 0.717) is 5.56 Å². The summed E-state index contributed by atoms with van der Waals surface area (Å²) >= 11 is 0. The van der Waals surface area contributed by atoms with Gasteiger partial charge in [-0.2, -0.15) is 0 Å². The summed E-state index contributed by atoms with van der Waals surface area (Å²) in [6.45, 7) is 4.42. The number of hydrogen-bond donors (Lipinski definition) is 1. The average molecular weight is 293 g/mol. The predicted octanol–water partition coefficient (Wildman–Crippen LogP) is 1.94. The smallest absolute Gasteiger partial charge is 0.408 e. The zero-order valence-electron chi connectivity index (χ0n) is 12.3. The molecule has 0 atom stereocenters. The van der Waals surface area contributed by atoms with Gasteiger partial charge in [-0.1, -0.05) is 30.3 Å². The van der Waals surface area contributed by atoms with Crippen molar-refractivity contribution in [2.45, 2.75) is 26.4 Å². The zero-order valence-corrected chi connectivity index (χ0v) is 12.3. The van der Waals surface area contributed by atoms with Crippen LogP contribution in [-0.2, 0) is 14.3 Å². The molecule has 1 rings (SSSR count). The number of carbonyl (C=O) groups excluding carboxylic acids is 3. The summed E-state index contributed by atoms with van der Waals surface area (Å²) in [4.78, 5) is 34.4. The number of carbonyl (C=O) groups is 3. The van der Waals surface area contributed by atoms with E-state index in [9.17, 15) is 14.4 Å². The Morgan fingerprint density at radius 2 is 1.71 bits per heavy atom. The Morgan fingerprint density at radius 1 is 1.10 bits per heavy atom. The van der Waals surface area contributed by atoms with E-state index in [4.69, 9.17) is 9.47 Å². The van der Waals surface area contributed by atoms with Crippen molar-refractivity contribution in [3.63, 3.8) is 0 Å². The van der Waals surface area contributed by atoms with E-state index in [1.165, 1.54) is 0 Å². The SMILES string of the molecule is CC(C)(C)OC(=O)NCC(=O)OCC(=O)c1ccccc1. The lowest BCUT2D eigenvalue weighted by Gasteiger charge is -2.19. The van der Waals surface area contributed by atoms with Gasteiger partial charge in [-0.15, -0.1) is 0 Å². The van der Waals surface area contributed by atoms with Crippen LogP contribution in [0.2, 0.25) is 0 Å². The molecular weight excluding hydrogens is 274 g/mol. The molecule has 0 spiro atoms. The van der Waals surface area contributed by atoms with Crippen molar-refractivity contribution in [1.82, 2.24) is 5.32 Å². The van der Waals surface area contributed by atoms with Crippen molar-refractivity contribution in [2.75, 3.05) is 13.2 Å². The molecule has 0 aliphatic carbocycles. The first-order chi connectivity index (χ1) is 9.78. The van der Waals surface area contributed by atoms with E-state index >= 15 is 0 Å². The molecule has 0 saturated heterocycles. The van der Waals surface area contributed by atoms with Crippen molar-refractivity contribution in [3.05, 3.63) is 35.9 Å². The molecule has 21 heavy (non-hydrogen) atoms. The lowest BCUT2D eigenvalue weighted by atomic mass is 10.1. The second-order valence-corrected chi connectivity index (χ2v) is 5.31. The molecule has 0 radical (unpaired) electrons. The van der Waals surface area contributed by atoms with Crippen LogP contribution < -0.4 is 5.32 Å². The van der Waals surface area contributed by atoms with Crippen LogP contribution in [0.25, 0.3) is 0 Å². The quantitative estimate of drug-likeness (QED) is 0.662. The van der Waals surface area contributed by atoms with Gasteiger partial charge in [0.25, 0.3) is 0 Å². The zero-order chi connectivity index (χ0) is 15.9. The minimum Gasteiger partial charge on any atom is -0.456 e. The first-order valence-corrected chi connectivity index (χ1v) is 6.48. The number of esters is 1. The number of hydrogen-bond acceptors (Lipinski definition) is 5. The summed E-state index contributed by atoms with van der Waals surface area (Å²) in [5, 5.41) is 2.26. The van der Waals surface area contributed by atoms with Gasteiger partial charge in [0.15, 0.2) is 12.4 Å². The number of Topliss-reactive ketones (excluding diaryl/α,β-unsaturated/α-hetero) is 1. The van der Waals surface area contributed by atoms with Gasteiger partial charge in [0.2, 0.25) is 0 Å². The Bertz CT molecular complexity index is 505. The molecule has 0 bridgehead atoms. The minimum absolute atomic E-state index is 0.304. The maximum atomic E-state index is 11.7. The Kier molecular flexibility index (Phi) is 5.90. The van der Waals surface area contributed by atoms with Crippen molar-refractivity contribution in [2.24, 2.45) is 0 Å². The Labute approximate surface area is 123 Å². The molecular formula is C15H19NO5. The molecule has 0 saturated carbocycles. The van der Waals surface area contributed by atoms with Gasteiger partial charge in [0, 0.05) is 5.56 Å². The highest BCUT2D eigenvalue weighted by molar-refractivity contribution is 5.98. The molecule has 0 aliphatic rings. The summed E-state index contributed by atoms with van der Waals surface area (Å²) in [5.41, 5.74) is -0.178. The molecule has 0 heterocycles. The second kappa shape index (κ2) is 7.42. The highest BCUT2D eigenvalue weighted by Crippen LogP contribution is 2.06. The van der Waals surface area contributed by atoms with E-state index < -0.39 is 17.7 Å². The monoisotopic (exact) mass is 293 g/mol. The third-order valence-corrected chi connectivity index (χ3v) is 2.24. The van der Waals surface area contributed by atoms with Crippen molar-refractivity contribution >= 4 is 17.8 Å². The molecule has 6 heteroatoms. The molecule has 0 aromatic heterocycles. The first kappa shape index (κ1) is 16.7. The van der Waals surface area contributed by atoms with Gasteiger partial charge >= 0.3 is 12.1 Å². The fourth-order valence-electron chi connectivity index (χ4n) is 1.36. The normalized spacial score (nSPS) is 10.6. The van der Waals surface area contributed by atoms with E-state index in [1.54, 1.807) is 51.1 Å². The standard InChI is InChI=1S/C15H19NO5/c1-15(2,3)21-14(19)16-9-13(18)20-10-12(17)11-7-5-4-6-8-11/h4-8H,9-10H2,1-3H3,(H,16,19). The van der Waals surface area contributed by atoms with Gasteiger partial charge in [-0.25, -0.2) is 4.79 Å². The molecule has 1 aromatic carbocycles. The molecule has 1 N–H and O–H groups in total. The fraction of sp³-hybridized carbons (Fsp3) is 0.400. The maximum Gasteiger partial charge on any atom is 0.408 e. The largest absolute Gasteiger partial charge is 0.456 e. The van der Waals surface area contributed by atoms with E-state index in [1.807, 2.05) is 0 Å². The summed E-state index contributed by atoms with van der Waals surface area (Å²) in [6, 6.07) is 8.50. The summed E-state index contributed by atoms with van der Waals surface area (Å²) in [5.74, 6) is -1.01. The van der Waals surface area contributed by atoms with Crippen molar-refractivity contribution in [1.29, 1.82) is 0 Å². The summed E-state index contributed by atoms with van der Waals surface area (Å²) in [7, 11) is 0. The van der Waals surface area contributed by atoms with Crippen molar-refractivity contribution in [3.8, 4) is 0 Å². The second-order valence-electron chi connectivity index (χ2n) is 5.31. The Morgan fingerprint density at radius 3 is 2.29 bits per heavy atom. The highest BCUT2D eigenvalue weighted by Gasteiger charge is 2.17. The first-order valence-electron chi connectivity index (χ1n) is 6.48. The number of ether oxygens (including phenoxy) is 2. The lowest BCUT2D eigenvalue weighted by molar-refractivity contribution is -0.141. The number of nitrogens with one attached hydrogen (secondary N) is 1. The number of ketones is 1. The van der Waals surface area contributed by atoms with Crippen LogP contribution >= 0.6 is 0 Å². The van der Waals surface area contributed by atoms with E-state index in [2.05, 4.69) is 5.32 Å². The van der Waals surface area contributed by atoms with Gasteiger partial charge in [-0.05, 0) is 20.8 Å². The Hall–Kier alpha value is -2.37. The highest BCUT2D eigenvalue weighted by atomic mass is 16.6.